The first-order chi connectivity index (χ1) is 8.75. The fourth-order valence-electron chi connectivity index (χ4n) is 1.69. The standard InChI is InChI=1S/C12H17N5O/c1-10(8-17-6-2-4-16-17)12(18)14-5-3-11-7-13-9-15-11/h2,4,6-7,9-10H,3,5,8H2,1H3,(H,13,15)(H,14,18)/t10-/m0/s1. The molecular weight excluding hydrogens is 230 g/mol. The number of hydrogen-bond acceptors (Lipinski definition) is 3. The molecule has 2 aromatic rings. The third-order valence-electron chi connectivity index (χ3n) is 2.72. The summed E-state index contributed by atoms with van der Waals surface area (Å²) in [5, 5.41) is 6.99. The van der Waals surface area contributed by atoms with Crippen molar-refractivity contribution in [2.45, 2.75) is 19.9 Å². The Balaban J connectivity index is 1.70. The summed E-state index contributed by atoms with van der Waals surface area (Å²) in [7, 11) is 0. The summed E-state index contributed by atoms with van der Waals surface area (Å²) in [6.07, 6.45) is 7.73. The molecule has 0 aromatic carbocycles. The molecule has 18 heavy (non-hydrogen) atoms. The highest BCUT2D eigenvalue weighted by Gasteiger charge is 2.12. The average Bonchev–Trinajstić information content (AvgIpc) is 3.01. The second kappa shape index (κ2) is 6.00. The molecule has 2 rings (SSSR count). The summed E-state index contributed by atoms with van der Waals surface area (Å²) in [6, 6.07) is 1.85. The number of imidazole rings is 1. The van der Waals surface area contributed by atoms with Crippen LogP contribution in [0.1, 0.15) is 12.6 Å². The van der Waals surface area contributed by atoms with Crippen LogP contribution >= 0.6 is 0 Å². The summed E-state index contributed by atoms with van der Waals surface area (Å²) in [6.45, 7) is 3.11. The molecule has 0 unspecified atom stereocenters. The van der Waals surface area contributed by atoms with E-state index in [9.17, 15) is 4.79 Å². The van der Waals surface area contributed by atoms with Gasteiger partial charge in [0, 0.05) is 37.3 Å². The van der Waals surface area contributed by atoms with Crippen molar-refractivity contribution in [1.82, 2.24) is 25.1 Å². The molecule has 0 radical (unpaired) electrons. The maximum absolute atomic E-state index is 11.8. The molecule has 0 bridgehead atoms. The Kier molecular flexibility index (Phi) is 4.11. The summed E-state index contributed by atoms with van der Waals surface area (Å²) < 4.78 is 1.76. The van der Waals surface area contributed by atoms with E-state index in [0.29, 0.717) is 13.1 Å². The molecule has 0 saturated carbocycles. The highest BCUT2D eigenvalue weighted by atomic mass is 16.1. The molecule has 0 aliphatic heterocycles. The lowest BCUT2D eigenvalue weighted by Crippen LogP contribution is -2.33. The molecule has 6 nitrogen and oxygen atoms in total. The fourth-order valence-corrected chi connectivity index (χ4v) is 1.69. The molecule has 2 heterocycles. The smallest absolute Gasteiger partial charge is 0.224 e. The summed E-state index contributed by atoms with van der Waals surface area (Å²) in [4.78, 5) is 18.7. The van der Waals surface area contributed by atoms with E-state index in [1.165, 1.54) is 0 Å². The van der Waals surface area contributed by atoms with Crippen LogP contribution < -0.4 is 5.32 Å². The Bertz CT molecular complexity index is 463. The maximum atomic E-state index is 11.8. The van der Waals surface area contributed by atoms with Crippen molar-refractivity contribution >= 4 is 5.91 Å². The van der Waals surface area contributed by atoms with E-state index < -0.39 is 0 Å². The molecule has 0 fully saturated rings. The molecule has 2 aromatic heterocycles. The Hall–Kier alpha value is -2.11. The maximum Gasteiger partial charge on any atom is 0.224 e. The Morgan fingerprint density at radius 3 is 3.17 bits per heavy atom. The van der Waals surface area contributed by atoms with Gasteiger partial charge in [-0.1, -0.05) is 6.92 Å². The van der Waals surface area contributed by atoms with Crippen molar-refractivity contribution in [3.05, 3.63) is 36.7 Å². The lowest BCUT2D eigenvalue weighted by atomic mass is 10.1. The molecule has 1 amide bonds. The number of rotatable bonds is 6. The molecule has 2 N–H and O–H groups in total. The minimum absolute atomic E-state index is 0.0463. The van der Waals surface area contributed by atoms with Crippen molar-refractivity contribution < 1.29 is 4.79 Å². The van der Waals surface area contributed by atoms with Crippen LogP contribution in [0, 0.1) is 5.92 Å². The zero-order valence-corrected chi connectivity index (χ0v) is 10.3. The van der Waals surface area contributed by atoms with Gasteiger partial charge in [0.15, 0.2) is 0 Å². The lowest BCUT2D eigenvalue weighted by Gasteiger charge is -2.11. The van der Waals surface area contributed by atoms with Crippen molar-refractivity contribution in [1.29, 1.82) is 0 Å². The molecule has 1 atom stereocenters. The van der Waals surface area contributed by atoms with Crippen LogP contribution in [0.4, 0.5) is 0 Å². The van der Waals surface area contributed by atoms with Gasteiger partial charge in [-0.2, -0.15) is 5.10 Å². The first kappa shape index (κ1) is 12.3. The van der Waals surface area contributed by atoms with Crippen LogP contribution in [0.3, 0.4) is 0 Å². The van der Waals surface area contributed by atoms with Gasteiger partial charge in [0.05, 0.1) is 18.8 Å². The van der Waals surface area contributed by atoms with Gasteiger partial charge in [0.1, 0.15) is 0 Å². The number of nitrogens with zero attached hydrogens (tertiary/aromatic N) is 3. The molecule has 0 saturated heterocycles. The molecule has 0 aliphatic rings. The number of carbonyl (C=O) groups excluding carboxylic acids is 1. The topological polar surface area (TPSA) is 75.6 Å². The molecular formula is C12H17N5O. The highest BCUT2D eigenvalue weighted by molar-refractivity contribution is 5.78. The van der Waals surface area contributed by atoms with E-state index in [-0.39, 0.29) is 11.8 Å². The van der Waals surface area contributed by atoms with E-state index in [1.54, 1.807) is 23.4 Å². The van der Waals surface area contributed by atoms with Gasteiger partial charge in [-0.15, -0.1) is 0 Å². The molecule has 6 heteroatoms. The zero-order valence-electron chi connectivity index (χ0n) is 10.3. The number of nitrogens with one attached hydrogen (secondary N) is 2. The Morgan fingerprint density at radius 2 is 2.50 bits per heavy atom. The average molecular weight is 247 g/mol. The van der Waals surface area contributed by atoms with Crippen LogP contribution in [-0.4, -0.2) is 32.2 Å². The van der Waals surface area contributed by atoms with E-state index in [4.69, 9.17) is 0 Å². The number of H-pyrrole nitrogens is 1. The number of amides is 1. The predicted molar refractivity (Wildman–Crippen MR) is 66.7 cm³/mol. The van der Waals surface area contributed by atoms with Crippen LogP contribution in [0.5, 0.6) is 0 Å². The summed E-state index contributed by atoms with van der Waals surface area (Å²) in [5.74, 6) is -0.0447. The van der Waals surface area contributed by atoms with Gasteiger partial charge in [0.25, 0.3) is 0 Å². The minimum atomic E-state index is -0.0910. The van der Waals surface area contributed by atoms with E-state index in [1.807, 2.05) is 19.2 Å². The number of aromatic nitrogens is 4. The third-order valence-corrected chi connectivity index (χ3v) is 2.72. The number of carbonyl (C=O) groups is 1. The lowest BCUT2D eigenvalue weighted by molar-refractivity contribution is -0.124. The van der Waals surface area contributed by atoms with Crippen LogP contribution in [0.15, 0.2) is 31.0 Å². The molecule has 0 aliphatic carbocycles. The summed E-state index contributed by atoms with van der Waals surface area (Å²) in [5.41, 5.74) is 1.02. The van der Waals surface area contributed by atoms with Gasteiger partial charge in [-0.3, -0.25) is 9.48 Å². The van der Waals surface area contributed by atoms with Crippen LogP contribution in [0.25, 0.3) is 0 Å². The Labute approximate surface area is 105 Å². The normalized spacial score (nSPS) is 12.3. The second-order valence-corrected chi connectivity index (χ2v) is 4.25. The van der Waals surface area contributed by atoms with Gasteiger partial charge in [-0.05, 0) is 6.07 Å². The largest absolute Gasteiger partial charge is 0.355 e. The van der Waals surface area contributed by atoms with Crippen LogP contribution in [-0.2, 0) is 17.8 Å². The van der Waals surface area contributed by atoms with Gasteiger partial charge in [-0.25, -0.2) is 4.98 Å². The van der Waals surface area contributed by atoms with E-state index >= 15 is 0 Å². The van der Waals surface area contributed by atoms with E-state index in [0.717, 1.165) is 12.1 Å². The Morgan fingerprint density at radius 1 is 1.61 bits per heavy atom. The van der Waals surface area contributed by atoms with Crippen molar-refractivity contribution in [2.24, 2.45) is 5.92 Å². The van der Waals surface area contributed by atoms with Crippen molar-refractivity contribution in [2.75, 3.05) is 6.54 Å². The van der Waals surface area contributed by atoms with Gasteiger partial charge >= 0.3 is 0 Å². The highest BCUT2D eigenvalue weighted by Crippen LogP contribution is 2.00. The quantitative estimate of drug-likeness (QED) is 0.785. The van der Waals surface area contributed by atoms with Gasteiger partial charge in [0.2, 0.25) is 5.91 Å². The first-order valence-electron chi connectivity index (χ1n) is 5.98. The third kappa shape index (κ3) is 3.44. The first-order valence-corrected chi connectivity index (χ1v) is 5.98. The zero-order chi connectivity index (χ0) is 12.8. The fraction of sp³-hybridized carbons (Fsp3) is 0.417. The monoisotopic (exact) mass is 247 g/mol. The number of aromatic amines is 1. The van der Waals surface area contributed by atoms with Crippen LogP contribution in [0.2, 0.25) is 0 Å². The SMILES string of the molecule is C[C@@H](Cn1cccn1)C(=O)NCCc1cnc[nH]1. The van der Waals surface area contributed by atoms with Crippen molar-refractivity contribution in [3.8, 4) is 0 Å². The van der Waals surface area contributed by atoms with Crippen molar-refractivity contribution in [3.63, 3.8) is 0 Å². The summed E-state index contributed by atoms with van der Waals surface area (Å²) >= 11 is 0. The minimum Gasteiger partial charge on any atom is -0.355 e. The van der Waals surface area contributed by atoms with E-state index in [2.05, 4.69) is 20.4 Å². The van der Waals surface area contributed by atoms with Gasteiger partial charge < -0.3 is 10.3 Å². The number of hydrogen-bond donors (Lipinski definition) is 2. The predicted octanol–water partition coefficient (Wildman–Crippen LogP) is 0.601. The second-order valence-electron chi connectivity index (χ2n) is 4.25. The molecule has 0 spiro atoms. The molecule has 96 valence electrons.